The zero-order chi connectivity index (χ0) is 16.9. The maximum absolute atomic E-state index is 12.5. The van der Waals surface area contributed by atoms with Gasteiger partial charge in [-0.1, -0.05) is 0 Å². The van der Waals surface area contributed by atoms with Crippen LogP contribution in [0.3, 0.4) is 0 Å². The molecule has 0 fully saturated rings. The third-order valence-electron chi connectivity index (χ3n) is 3.38. The monoisotopic (exact) mass is 326 g/mol. The second-order valence-corrected chi connectivity index (χ2v) is 4.98. The van der Waals surface area contributed by atoms with Gasteiger partial charge >= 0.3 is 0 Å². The van der Waals surface area contributed by atoms with Crippen LogP contribution in [0, 0.1) is 0 Å². The minimum atomic E-state index is -0.319. The number of hydrogen-bond acceptors (Lipinski definition) is 5. The highest BCUT2D eigenvalue weighted by atomic mass is 16.5. The van der Waals surface area contributed by atoms with E-state index in [1.807, 2.05) is 13.8 Å². The molecule has 0 bridgehead atoms. The molecule has 124 valence electrons. The van der Waals surface area contributed by atoms with Crippen molar-refractivity contribution in [3.05, 3.63) is 42.4 Å². The lowest BCUT2D eigenvalue weighted by Gasteiger charge is -2.12. The fourth-order valence-corrected chi connectivity index (χ4v) is 2.35. The predicted octanol–water partition coefficient (Wildman–Crippen LogP) is 3.01. The fraction of sp³-hybridized carbons (Fsp3) is 0.235. The van der Waals surface area contributed by atoms with Crippen LogP contribution in [0.15, 0.2) is 36.7 Å². The summed E-state index contributed by atoms with van der Waals surface area (Å²) in [6, 6.07) is 7.04. The predicted molar refractivity (Wildman–Crippen MR) is 90.6 cm³/mol. The van der Waals surface area contributed by atoms with Crippen LogP contribution in [-0.4, -0.2) is 34.3 Å². The van der Waals surface area contributed by atoms with Gasteiger partial charge in [0.1, 0.15) is 0 Å². The molecule has 2 heterocycles. The summed E-state index contributed by atoms with van der Waals surface area (Å²) < 4.78 is 11.1. The lowest BCUT2D eigenvalue weighted by Crippen LogP contribution is -2.13. The lowest BCUT2D eigenvalue weighted by atomic mass is 10.2. The molecule has 0 unspecified atom stereocenters. The van der Waals surface area contributed by atoms with Crippen molar-refractivity contribution in [3.8, 4) is 11.5 Å². The summed E-state index contributed by atoms with van der Waals surface area (Å²) >= 11 is 0. The van der Waals surface area contributed by atoms with Gasteiger partial charge < -0.3 is 14.8 Å². The van der Waals surface area contributed by atoms with Crippen molar-refractivity contribution in [1.29, 1.82) is 0 Å². The molecule has 2 aromatic heterocycles. The molecule has 0 spiro atoms. The van der Waals surface area contributed by atoms with Crippen LogP contribution in [0.1, 0.15) is 24.3 Å². The van der Waals surface area contributed by atoms with Crippen LogP contribution in [0.25, 0.3) is 10.9 Å². The summed E-state index contributed by atoms with van der Waals surface area (Å²) in [5, 5.41) is 10.4. The summed E-state index contributed by atoms with van der Waals surface area (Å²) in [6.45, 7) is 4.84. The number of hydrogen-bond donors (Lipinski definition) is 2. The van der Waals surface area contributed by atoms with E-state index in [1.54, 1.807) is 36.7 Å². The normalized spacial score (nSPS) is 10.6. The van der Waals surface area contributed by atoms with E-state index in [4.69, 9.17) is 9.47 Å². The molecule has 0 atom stereocenters. The summed E-state index contributed by atoms with van der Waals surface area (Å²) in [7, 11) is 0. The van der Waals surface area contributed by atoms with Crippen LogP contribution in [0.2, 0.25) is 0 Å². The van der Waals surface area contributed by atoms with Crippen molar-refractivity contribution in [2.75, 3.05) is 18.5 Å². The Hall–Kier alpha value is -3.09. The fourth-order valence-electron chi connectivity index (χ4n) is 2.35. The number of anilines is 1. The Morgan fingerprint density at radius 3 is 2.75 bits per heavy atom. The third kappa shape index (κ3) is 3.15. The number of rotatable bonds is 6. The highest BCUT2D eigenvalue weighted by molar-refractivity contribution is 6.10. The lowest BCUT2D eigenvalue weighted by molar-refractivity contribution is 0.102. The first-order valence-electron chi connectivity index (χ1n) is 7.72. The Bertz CT molecular complexity index is 860. The standard InChI is InChI=1S/C17H18N4O3/c1-3-23-14-6-5-11(9-15(14)24-4-2)19-17(22)16-12-10-18-8-7-13(12)20-21-16/h5-10H,3-4H2,1-2H3,(H,19,22)(H,20,21). The molecule has 7 nitrogen and oxygen atoms in total. The van der Waals surface area contributed by atoms with Crippen molar-refractivity contribution >= 4 is 22.5 Å². The van der Waals surface area contributed by atoms with Crippen molar-refractivity contribution in [1.82, 2.24) is 15.2 Å². The molecule has 24 heavy (non-hydrogen) atoms. The molecule has 2 N–H and O–H groups in total. The number of nitrogens with zero attached hydrogens (tertiary/aromatic N) is 2. The number of H-pyrrole nitrogens is 1. The number of benzene rings is 1. The van der Waals surface area contributed by atoms with Crippen LogP contribution in [0.5, 0.6) is 11.5 Å². The molecular weight excluding hydrogens is 308 g/mol. The maximum atomic E-state index is 12.5. The van der Waals surface area contributed by atoms with Gasteiger partial charge in [0, 0.05) is 24.1 Å². The Morgan fingerprint density at radius 1 is 1.17 bits per heavy atom. The van der Waals surface area contributed by atoms with Gasteiger partial charge in [-0.05, 0) is 32.0 Å². The Morgan fingerprint density at radius 2 is 1.96 bits per heavy atom. The zero-order valence-corrected chi connectivity index (χ0v) is 13.5. The number of carbonyl (C=O) groups is 1. The second kappa shape index (κ2) is 6.99. The van der Waals surface area contributed by atoms with Gasteiger partial charge in [0.25, 0.3) is 5.91 Å². The number of ether oxygens (including phenoxy) is 2. The Labute approximate surface area is 139 Å². The molecule has 0 saturated carbocycles. The van der Waals surface area contributed by atoms with Crippen LogP contribution in [0.4, 0.5) is 5.69 Å². The van der Waals surface area contributed by atoms with Gasteiger partial charge in [0.2, 0.25) is 0 Å². The number of amides is 1. The molecule has 1 aromatic carbocycles. The van der Waals surface area contributed by atoms with Gasteiger partial charge in [-0.15, -0.1) is 0 Å². The van der Waals surface area contributed by atoms with Gasteiger partial charge in [-0.3, -0.25) is 14.9 Å². The number of carbonyl (C=O) groups excluding carboxylic acids is 1. The summed E-state index contributed by atoms with van der Waals surface area (Å²) in [4.78, 5) is 16.5. The molecular formula is C17H18N4O3. The van der Waals surface area contributed by atoms with Gasteiger partial charge in [-0.2, -0.15) is 5.10 Å². The smallest absolute Gasteiger partial charge is 0.276 e. The quantitative estimate of drug-likeness (QED) is 0.727. The van der Waals surface area contributed by atoms with E-state index >= 15 is 0 Å². The van der Waals surface area contributed by atoms with Crippen molar-refractivity contribution < 1.29 is 14.3 Å². The van der Waals surface area contributed by atoms with E-state index in [0.29, 0.717) is 41.5 Å². The maximum Gasteiger partial charge on any atom is 0.276 e. The van der Waals surface area contributed by atoms with Crippen LogP contribution >= 0.6 is 0 Å². The SMILES string of the molecule is CCOc1ccc(NC(=O)c2n[nH]c3ccncc23)cc1OCC. The highest BCUT2D eigenvalue weighted by Crippen LogP contribution is 2.31. The van der Waals surface area contributed by atoms with E-state index < -0.39 is 0 Å². The average molecular weight is 326 g/mol. The van der Waals surface area contributed by atoms with Gasteiger partial charge in [-0.25, -0.2) is 0 Å². The molecule has 1 amide bonds. The van der Waals surface area contributed by atoms with Crippen molar-refractivity contribution in [3.63, 3.8) is 0 Å². The zero-order valence-electron chi connectivity index (χ0n) is 13.5. The first-order valence-corrected chi connectivity index (χ1v) is 7.72. The van der Waals surface area contributed by atoms with Gasteiger partial charge in [0.05, 0.1) is 24.1 Å². The number of nitrogens with one attached hydrogen (secondary N) is 2. The summed E-state index contributed by atoms with van der Waals surface area (Å²) in [5.41, 5.74) is 1.66. The summed E-state index contributed by atoms with van der Waals surface area (Å²) in [5.74, 6) is 0.915. The number of fused-ring (bicyclic) bond motifs is 1. The molecule has 0 saturated heterocycles. The van der Waals surface area contributed by atoms with E-state index in [1.165, 1.54) is 0 Å². The van der Waals surface area contributed by atoms with E-state index in [0.717, 1.165) is 5.52 Å². The molecule has 3 aromatic rings. The Kier molecular flexibility index (Phi) is 4.60. The van der Waals surface area contributed by atoms with Crippen molar-refractivity contribution in [2.24, 2.45) is 0 Å². The van der Waals surface area contributed by atoms with Crippen LogP contribution < -0.4 is 14.8 Å². The van der Waals surface area contributed by atoms with E-state index in [2.05, 4.69) is 20.5 Å². The second-order valence-electron chi connectivity index (χ2n) is 4.98. The Balaban J connectivity index is 1.85. The van der Waals surface area contributed by atoms with E-state index in [9.17, 15) is 4.79 Å². The van der Waals surface area contributed by atoms with E-state index in [-0.39, 0.29) is 5.91 Å². The van der Waals surface area contributed by atoms with Crippen molar-refractivity contribution in [2.45, 2.75) is 13.8 Å². The molecule has 0 aliphatic heterocycles. The topological polar surface area (TPSA) is 89.1 Å². The van der Waals surface area contributed by atoms with Gasteiger partial charge in [0.15, 0.2) is 17.2 Å². The first-order chi connectivity index (χ1) is 11.7. The number of aromatic amines is 1. The summed E-state index contributed by atoms with van der Waals surface area (Å²) in [6.07, 6.45) is 3.25. The molecule has 0 radical (unpaired) electrons. The molecule has 0 aliphatic carbocycles. The third-order valence-corrected chi connectivity index (χ3v) is 3.38. The average Bonchev–Trinajstić information content (AvgIpc) is 3.02. The minimum Gasteiger partial charge on any atom is -0.490 e. The largest absolute Gasteiger partial charge is 0.490 e. The first kappa shape index (κ1) is 15.8. The highest BCUT2D eigenvalue weighted by Gasteiger charge is 2.15. The molecule has 7 heteroatoms. The minimum absolute atomic E-state index is 0.296. The number of aromatic nitrogens is 3. The van der Waals surface area contributed by atoms with Crippen LogP contribution in [-0.2, 0) is 0 Å². The molecule has 0 aliphatic rings. The number of pyridine rings is 1. The molecule has 3 rings (SSSR count).